The largest absolute Gasteiger partial charge is 0.481 e. The first-order chi connectivity index (χ1) is 14.6. The van der Waals surface area contributed by atoms with E-state index in [1.54, 1.807) is 0 Å². The number of unbranched alkanes of at least 4 members (excludes halogenated alkanes) is 1. The third kappa shape index (κ3) is 7.99. The number of aliphatic hydroxyl groups is 2. The number of aliphatic carboxylic acids is 1. The lowest BCUT2D eigenvalue weighted by atomic mass is 9.87. The highest BCUT2D eigenvalue weighted by Crippen LogP contribution is 2.37. The molecule has 1 aromatic rings. The van der Waals surface area contributed by atoms with E-state index >= 15 is 0 Å². The van der Waals surface area contributed by atoms with Gasteiger partial charge in [0, 0.05) is 19.4 Å². The summed E-state index contributed by atoms with van der Waals surface area (Å²) in [4.78, 5) is 22.8. The molecule has 1 aliphatic rings. The lowest BCUT2D eigenvalue weighted by Crippen LogP contribution is -2.31. The third-order valence-corrected chi connectivity index (χ3v) is 5.52. The highest BCUT2D eigenvalue weighted by atomic mass is 19.4. The second kappa shape index (κ2) is 11.3. The number of allylic oxidation sites excluding steroid dienone is 2. The Morgan fingerprint density at radius 3 is 2.52 bits per heavy atom. The fourth-order valence-electron chi connectivity index (χ4n) is 3.87. The van der Waals surface area contributed by atoms with Gasteiger partial charge < -0.3 is 20.6 Å². The van der Waals surface area contributed by atoms with Crippen LogP contribution in [0.25, 0.3) is 0 Å². The SMILES string of the molecule is O=C(O)CCC/C=C\C[C@@H]1[C@@H](CC(=O)NCc2cccc(C(F)(F)F)c2)[C@H](O)C[C@H]1O. The standard InChI is InChI=1S/C22H28F3NO5/c23-22(24,25)15-7-5-6-14(10-15)13-26-20(29)11-17-16(18(27)12-19(17)28)8-3-1-2-4-9-21(30)31/h1,3,5-7,10,16-19,27-28H,2,4,8-9,11-13H2,(H,26,29)(H,30,31)/b3-1-/t16-,17-,18-,19-/m1/s1. The van der Waals surface area contributed by atoms with Gasteiger partial charge in [-0.1, -0.05) is 24.3 Å². The summed E-state index contributed by atoms with van der Waals surface area (Å²) in [5.74, 6) is -2.07. The minimum Gasteiger partial charge on any atom is -0.481 e. The van der Waals surface area contributed by atoms with Crippen molar-refractivity contribution in [2.45, 2.75) is 63.5 Å². The molecule has 0 heterocycles. The van der Waals surface area contributed by atoms with E-state index in [2.05, 4.69) is 5.32 Å². The number of carbonyl (C=O) groups excluding carboxylic acids is 1. The number of rotatable bonds is 10. The van der Waals surface area contributed by atoms with E-state index in [-0.39, 0.29) is 31.7 Å². The fourth-order valence-corrected chi connectivity index (χ4v) is 3.87. The zero-order chi connectivity index (χ0) is 23.0. The summed E-state index contributed by atoms with van der Waals surface area (Å²) in [5.41, 5.74) is -0.472. The quantitative estimate of drug-likeness (QED) is 0.328. The zero-order valence-electron chi connectivity index (χ0n) is 17.0. The van der Waals surface area contributed by atoms with E-state index in [4.69, 9.17) is 5.11 Å². The van der Waals surface area contributed by atoms with E-state index in [1.165, 1.54) is 12.1 Å². The van der Waals surface area contributed by atoms with Crippen LogP contribution in [0, 0.1) is 11.8 Å². The van der Waals surface area contributed by atoms with Crippen LogP contribution in [0.5, 0.6) is 0 Å². The Bertz CT molecular complexity index is 781. The Balaban J connectivity index is 1.86. The van der Waals surface area contributed by atoms with Gasteiger partial charge in [-0.15, -0.1) is 0 Å². The fraction of sp³-hybridized carbons (Fsp3) is 0.545. The number of carboxylic acids is 1. The molecule has 9 heteroatoms. The monoisotopic (exact) mass is 443 g/mol. The molecule has 0 aromatic heterocycles. The van der Waals surface area contributed by atoms with Crippen LogP contribution in [0.3, 0.4) is 0 Å². The molecule has 0 bridgehead atoms. The van der Waals surface area contributed by atoms with E-state index in [0.29, 0.717) is 24.8 Å². The van der Waals surface area contributed by atoms with Gasteiger partial charge in [0.05, 0.1) is 17.8 Å². The van der Waals surface area contributed by atoms with Gasteiger partial charge in [-0.2, -0.15) is 13.2 Å². The number of hydrogen-bond donors (Lipinski definition) is 4. The number of carbonyl (C=O) groups is 2. The van der Waals surface area contributed by atoms with Gasteiger partial charge in [-0.3, -0.25) is 9.59 Å². The first-order valence-electron chi connectivity index (χ1n) is 10.2. The smallest absolute Gasteiger partial charge is 0.416 e. The first-order valence-corrected chi connectivity index (χ1v) is 10.2. The van der Waals surface area contributed by atoms with Crippen LogP contribution in [0.15, 0.2) is 36.4 Å². The van der Waals surface area contributed by atoms with E-state index in [1.807, 2.05) is 12.2 Å². The summed E-state index contributed by atoms with van der Waals surface area (Å²) in [7, 11) is 0. The van der Waals surface area contributed by atoms with Crippen molar-refractivity contribution < 1.29 is 38.1 Å². The minimum atomic E-state index is -4.46. The molecule has 0 spiro atoms. The summed E-state index contributed by atoms with van der Waals surface area (Å²) >= 11 is 0. The number of benzene rings is 1. The van der Waals surface area contributed by atoms with E-state index in [9.17, 15) is 33.0 Å². The maximum absolute atomic E-state index is 12.8. The number of amides is 1. The molecule has 1 saturated carbocycles. The minimum absolute atomic E-state index is 0.0469. The van der Waals surface area contributed by atoms with Gasteiger partial charge in [0.2, 0.25) is 5.91 Å². The predicted octanol–water partition coefficient (Wildman–Crippen LogP) is 3.27. The van der Waals surface area contributed by atoms with Crippen LogP contribution in [0.2, 0.25) is 0 Å². The molecule has 0 radical (unpaired) electrons. The molecular weight excluding hydrogens is 415 g/mol. The van der Waals surface area contributed by atoms with Crippen LogP contribution in [-0.2, 0) is 22.3 Å². The van der Waals surface area contributed by atoms with Crippen LogP contribution in [-0.4, -0.2) is 39.4 Å². The molecule has 6 nitrogen and oxygen atoms in total. The molecule has 2 rings (SSSR count). The number of alkyl halides is 3. The van der Waals surface area contributed by atoms with Crippen molar-refractivity contribution in [3.05, 3.63) is 47.5 Å². The van der Waals surface area contributed by atoms with Crippen molar-refractivity contribution in [1.29, 1.82) is 0 Å². The molecule has 1 fully saturated rings. The van der Waals surface area contributed by atoms with Crippen molar-refractivity contribution in [2.75, 3.05) is 0 Å². The molecule has 0 unspecified atom stereocenters. The second-order valence-corrected chi connectivity index (χ2v) is 7.87. The third-order valence-electron chi connectivity index (χ3n) is 5.52. The molecule has 4 atom stereocenters. The van der Waals surface area contributed by atoms with Gasteiger partial charge >= 0.3 is 12.1 Å². The Hall–Kier alpha value is -2.39. The summed E-state index contributed by atoms with van der Waals surface area (Å²) in [5, 5.41) is 31.7. The van der Waals surface area contributed by atoms with Gasteiger partial charge in [-0.25, -0.2) is 0 Å². The number of nitrogens with one attached hydrogen (secondary N) is 1. The van der Waals surface area contributed by atoms with Crippen molar-refractivity contribution in [1.82, 2.24) is 5.32 Å². The summed E-state index contributed by atoms with van der Waals surface area (Å²) < 4.78 is 38.4. The number of carboxylic acid groups (broad SMARTS) is 1. The Labute approximate surface area is 178 Å². The molecule has 1 amide bonds. The van der Waals surface area contributed by atoms with Crippen LogP contribution < -0.4 is 5.32 Å². The predicted molar refractivity (Wildman–Crippen MR) is 107 cm³/mol. The van der Waals surface area contributed by atoms with E-state index in [0.717, 1.165) is 12.1 Å². The maximum Gasteiger partial charge on any atom is 0.416 e. The van der Waals surface area contributed by atoms with Gasteiger partial charge in [-0.05, 0) is 55.2 Å². The lowest BCUT2D eigenvalue weighted by molar-refractivity contribution is -0.138. The molecular formula is C22H28F3NO5. The molecule has 4 N–H and O–H groups in total. The maximum atomic E-state index is 12.8. The lowest BCUT2D eigenvalue weighted by Gasteiger charge is -2.22. The highest BCUT2D eigenvalue weighted by molar-refractivity contribution is 5.76. The first kappa shape index (κ1) is 24.9. The summed E-state index contributed by atoms with van der Waals surface area (Å²) in [6.45, 7) is -0.0672. The topological polar surface area (TPSA) is 107 Å². The Kier molecular flexibility index (Phi) is 9.06. The second-order valence-electron chi connectivity index (χ2n) is 7.87. The van der Waals surface area contributed by atoms with Crippen molar-refractivity contribution >= 4 is 11.9 Å². The molecule has 0 aliphatic heterocycles. The number of hydrogen-bond acceptors (Lipinski definition) is 4. The zero-order valence-corrected chi connectivity index (χ0v) is 17.0. The summed E-state index contributed by atoms with van der Waals surface area (Å²) in [6, 6.07) is 4.70. The molecule has 1 aliphatic carbocycles. The molecule has 0 saturated heterocycles. The van der Waals surface area contributed by atoms with Crippen LogP contribution >= 0.6 is 0 Å². The highest BCUT2D eigenvalue weighted by Gasteiger charge is 2.41. The van der Waals surface area contributed by atoms with Crippen molar-refractivity contribution in [3.8, 4) is 0 Å². The van der Waals surface area contributed by atoms with E-state index < -0.39 is 41.7 Å². The van der Waals surface area contributed by atoms with Crippen LogP contribution in [0.4, 0.5) is 13.2 Å². The van der Waals surface area contributed by atoms with Crippen molar-refractivity contribution in [2.24, 2.45) is 11.8 Å². The van der Waals surface area contributed by atoms with Crippen LogP contribution in [0.1, 0.15) is 49.7 Å². The molecule has 31 heavy (non-hydrogen) atoms. The molecule has 172 valence electrons. The number of halogens is 3. The van der Waals surface area contributed by atoms with Crippen molar-refractivity contribution in [3.63, 3.8) is 0 Å². The van der Waals surface area contributed by atoms with Gasteiger partial charge in [0.15, 0.2) is 0 Å². The van der Waals surface area contributed by atoms with Gasteiger partial charge in [0.25, 0.3) is 0 Å². The molecule has 1 aromatic carbocycles. The average molecular weight is 443 g/mol. The normalized spacial score (nSPS) is 23.9. The number of aliphatic hydroxyl groups excluding tert-OH is 2. The average Bonchev–Trinajstić information content (AvgIpc) is 2.95. The Morgan fingerprint density at radius 1 is 1.13 bits per heavy atom. The Morgan fingerprint density at radius 2 is 1.84 bits per heavy atom. The van der Waals surface area contributed by atoms with Gasteiger partial charge in [0.1, 0.15) is 0 Å². The summed E-state index contributed by atoms with van der Waals surface area (Å²) in [6.07, 6.45) is -0.716.